The number of fused-ring (bicyclic) bond motifs is 1. The Kier molecular flexibility index (Phi) is 1.71. The Hall–Kier alpha value is -0.790. The summed E-state index contributed by atoms with van der Waals surface area (Å²) in [6, 6.07) is 0. The van der Waals surface area contributed by atoms with Crippen LogP contribution in [0.1, 0.15) is 13.8 Å². The minimum Gasteiger partial charge on any atom is -0.465 e. The van der Waals surface area contributed by atoms with Gasteiger partial charge in [0.25, 0.3) is 0 Å². The first kappa shape index (κ1) is 7.84. The zero-order valence-corrected chi connectivity index (χ0v) is 7.49. The van der Waals surface area contributed by atoms with E-state index in [1.807, 2.05) is 6.92 Å². The van der Waals surface area contributed by atoms with Gasteiger partial charge in [-0.3, -0.25) is 4.79 Å². The quantitative estimate of drug-likeness (QED) is 0.404. The molecular formula is C10H14O2. The summed E-state index contributed by atoms with van der Waals surface area (Å²) in [5.74, 6) is 1.57. The van der Waals surface area contributed by atoms with Crippen LogP contribution >= 0.6 is 0 Å². The first-order chi connectivity index (χ1) is 5.70. The largest absolute Gasteiger partial charge is 0.465 e. The molecule has 1 fully saturated rings. The number of allylic oxidation sites excluding steroid dienone is 2. The van der Waals surface area contributed by atoms with Crippen molar-refractivity contribution in [3.8, 4) is 0 Å². The number of ether oxygens (including phenoxy) is 1. The van der Waals surface area contributed by atoms with Crippen molar-refractivity contribution in [1.82, 2.24) is 0 Å². The van der Waals surface area contributed by atoms with E-state index in [1.165, 1.54) is 0 Å². The second-order valence-corrected chi connectivity index (χ2v) is 3.90. The van der Waals surface area contributed by atoms with Gasteiger partial charge in [0.2, 0.25) is 0 Å². The fourth-order valence-electron chi connectivity index (χ4n) is 2.21. The van der Waals surface area contributed by atoms with Gasteiger partial charge in [-0.2, -0.15) is 0 Å². The Morgan fingerprint density at radius 1 is 1.42 bits per heavy atom. The van der Waals surface area contributed by atoms with Crippen molar-refractivity contribution in [2.24, 2.45) is 23.7 Å². The predicted octanol–water partition coefficient (Wildman–Crippen LogP) is 1.62. The van der Waals surface area contributed by atoms with Crippen molar-refractivity contribution in [3.63, 3.8) is 0 Å². The molecule has 0 aromatic carbocycles. The molecule has 1 aliphatic heterocycles. The number of carbonyl (C=O) groups is 1. The first-order valence-corrected chi connectivity index (χ1v) is 4.55. The summed E-state index contributed by atoms with van der Waals surface area (Å²) < 4.78 is 5.10. The molecular weight excluding hydrogens is 152 g/mol. The highest BCUT2D eigenvalue weighted by atomic mass is 16.5. The normalized spacial score (nSPS) is 45.7. The zero-order valence-electron chi connectivity index (χ0n) is 7.49. The Morgan fingerprint density at radius 2 is 2.17 bits per heavy atom. The molecule has 1 saturated heterocycles. The van der Waals surface area contributed by atoms with Crippen molar-refractivity contribution in [1.29, 1.82) is 0 Å². The second kappa shape index (κ2) is 2.61. The van der Waals surface area contributed by atoms with Crippen LogP contribution in [-0.4, -0.2) is 12.6 Å². The molecule has 2 heteroatoms. The van der Waals surface area contributed by atoms with Crippen LogP contribution < -0.4 is 0 Å². The molecule has 4 atom stereocenters. The zero-order chi connectivity index (χ0) is 8.72. The van der Waals surface area contributed by atoms with Gasteiger partial charge in [-0.1, -0.05) is 26.0 Å². The summed E-state index contributed by atoms with van der Waals surface area (Å²) >= 11 is 0. The molecule has 0 aromatic heterocycles. The van der Waals surface area contributed by atoms with Crippen molar-refractivity contribution >= 4 is 5.97 Å². The van der Waals surface area contributed by atoms with Gasteiger partial charge in [0.15, 0.2) is 0 Å². The summed E-state index contributed by atoms with van der Waals surface area (Å²) in [5.41, 5.74) is 0. The molecule has 1 heterocycles. The molecule has 0 spiro atoms. The van der Waals surface area contributed by atoms with Gasteiger partial charge in [-0.15, -0.1) is 0 Å². The fraction of sp³-hybridized carbons (Fsp3) is 0.700. The molecule has 66 valence electrons. The molecule has 12 heavy (non-hydrogen) atoms. The van der Waals surface area contributed by atoms with Gasteiger partial charge < -0.3 is 4.74 Å². The highest BCUT2D eigenvalue weighted by Crippen LogP contribution is 2.39. The van der Waals surface area contributed by atoms with Crippen LogP contribution in [0.2, 0.25) is 0 Å². The van der Waals surface area contributed by atoms with Gasteiger partial charge in [0.1, 0.15) is 0 Å². The lowest BCUT2D eigenvalue weighted by atomic mass is 9.80. The number of hydrogen-bond donors (Lipinski definition) is 0. The summed E-state index contributed by atoms with van der Waals surface area (Å²) in [4.78, 5) is 11.2. The molecule has 2 aliphatic rings. The van der Waals surface area contributed by atoms with E-state index in [0.717, 1.165) is 0 Å². The fourth-order valence-corrected chi connectivity index (χ4v) is 2.21. The summed E-state index contributed by atoms with van der Waals surface area (Å²) in [6.07, 6.45) is 4.38. The van der Waals surface area contributed by atoms with Crippen LogP contribution in [0.15, 0.2) is 12.2 Å². The van der Waals surface area contributed by atoms with Crippen LogP contribution in [0.4, 0.5) is 0 Å². The Labute approximate surface area is 72.6 Å². The van der Waals surface area contributed by atoms with Crippen LogP contribution in [-0.2, 0) is 9.53 Å². The maximum Gasteiger partial charge on any atom is 0.309 e. The second-order valence-electron chi connectivity index (χ2n) is 3.90. The van der Waals surface area contributed by atoms with Crippen LogP contribution in [0.5, 0.6) is 0 Å². The lowest BCUT2D eigenvalue weighted by Gasteiger charge is -2.31. The molecule has 1 aliphatic carbocycles. The van der Waals surface area contributed by atoms with E-state index >= 15 is 0 Å². The Morgan fingerprint density at radius 3 is 2.92 bits per heavy atom. The maximum atomic E-state index is 11.2. The van der Waals surface area contributed by atoms with Crippen LogP contribution in [0, 0.1) is 23.7 Å². The predicted molar refractivity (Wildman–Crippen MR) is 45.4 cm³/mol. The molecule has 0 radical (unpaired) electrons. The van der Waals surface area contributed by atoms with Crippen molar-refractivity contribution in [2.45, 2.75) is 13.8 Å². The standard InChI is InChI=1S/C10H14O2/c1-6-3-4-8-7(2)10(11)12-5-9(6)8/h3-4,6-9H,5H2,1-2H3/t6?,7-,8?,9?/m0/s1. The first-order valence-electron chi connectivity index (χ1n) is 4.55. The van der Waals surface area contributed by atoms with E-state index in [-0.39, 0.29) is 11.9 Å². The molecule has 0 saturated carbocycles. The third kappa shape index (κ3) is 0.977. The van der Waals surface area contributed by atoms with E-state index in [4.69, 9.17) is 4.74 Å². The lowest BCUT2D eigenvalue weighted by Crippen LogP contribution is -2.37. The van der Waals surface area contributed by atoms with Gasteiger partial charge in [-0.05, 0) is 11.8 Å². The van der Waals surface area contributed by atoms with Crippen molar-refractivity contribution in [3.05, 3.63) is 12.2 Å². The number of cyclic esters (lactones) is 1. The monoisotopic (exact) mass is 166 g/mol. The topological polar surface area (TPSA) is 26.3 Å². The number of carbonyl (C=O) groups excluding carboxylic acids is 1. The minimum atomic E-state index is -0.0324. The highest BCUT2D eigenvalue weighted by molar-refractivity contribution is 5.73. The van der Waals surface area contributed by atoms with Crippen molar-refractivity contribution < 1.29 is 9.53 Å². The summed E-state index contributed by atoms with van der Waals surface area (Å²) in [6.45, 7) is 4.76. The highest BCUT2D eigenvalue weighted by Gasteiger charge is 2.40. The van der Waals surface area contributed by atoms with Gasteiger partial charge in [-0.25, -0.2) is 0 Å². The van der Waals surface area contributed by atoms with Crippen molar-refractivity contribution in [2.75, 3.05) is 6.61 Å². The van der Waals surface area contributed by atoms with Gasteiger partial charge in [0, 0.05) is 5.92 Å². The molecule has 0 N–H and O–H groups in total. The summed E-state index contributed by atoms with van der Waals surface area (Å²) in [5, 5.41) is 0. The average Bonchev–Trinajstić information content (AvgIpc) is 2.41. The van der Waals surface area contributed by atoms with Crippen LogP contribution in [0.3, 0.4) is 0 Å². The average molecular weight is 166 g/mol. The third-order valence-corrected chi connectivity index (χ3v) is 3.17. The molecule has 3 unspecified atom stereocenters. The smallest absolute Gasteiger partial charge is 0.309 e. The number of hydrogen-bond acceptors (Lipinski definition) is 2. The number of esters is 1. The molecule has 2 rings (SSSR count). The third-order valence-electron chi connectivity index (χ3n) is 3.17. The van der Waals surface area contributed by atoms with Crippen LogP contribution in [0.25, 0.3) is 0 Å². The number of rotatable bonds is 0. The van der Waals surface area contributed by atoms with E-state index in [0.29, 0.717) is 24.4 Å². The SMILES string of the molecule is CC1C=CC2C1COC(=O)[C@H]2C. The Balaban J connectivity index is 2.19. The molecule has 2 nitrogen and oxygen atoms in total. The van der Waals surface area contributed by atoms with E-state index in [9.17, 15) is 4.79 Å². The molecule has 0 bridgehead atoms. The lowest BCUT2D eigenvalue weighted by molar-refractivity contribution is -0.158. The Bertz CT molecular complexity index is 232. The van der Waals surface area contributed by atoms with E-state index < -0.39 is 0 Å². The molecule has 0 amide bonds. The summed E-state index contributed by atoms with van der Waals surface area (Å²) in [7, 11) is 0. The van der Waals surface area contributed by atoms with E-state index in [1.54, 1.807) is 0 Å². The maximum absolute atomic E-state index is 11.2. The minimum absolute atomic E-state index is 0.0324. The van der Waals surface area contributed by atoms with Gasteiger partial charge >= 0.3 is 5.97 Å². The molecule has 0 aromatic rings. The van der Waals surface area contributed by atoms with Gasteiger partial charge in [0.05, 0.1) is 12.5 Å². The van der Waals surface area contributed by atoms with E-state index in [2.05, 4.69) is 19.1 Å².